The van der Waals surface area contributed by atoms with Crippen LogP contribution >= 0.6 is 27.5 Å². The van der Waals surface area contributed by atoms with Crippen LogP contribution in [0.2, 0.25) is 0 Å². The Morgan fingerprint density at radius 2 is 2.13 bits per heavy atom. The van der Waals surface area contributed by atoms with Crippen LogP contribution < -0.4 is 0 Å². The molecule has 0 aliphatic carbocycles. The maximum absolute atomic E-state index is 5.93. The predicted molar refractivity (Wildman–Crippen MR) is 68.5 cm³/mol. The SMILES string of the molecule is CCC(CCl)Cc1c(Br)c(C)nn1CC. The minimum atomic E-state index is 0.546. The molecule has 0 aromatic carbocycles. The number of halogens is 2. The van der Waals surface area contributed by atoms with Crippen molar-refractivity contribution in [1.82, 2.24) is 9.78 Å². The van der Waals surface area contributed by atoms with Crippen molar-refractivity contribution < 1.29 is 0 Å². The van der Waals surface area contributed by atoms with E-state index in [9.17, 15) is 0 Å². The Balaban J connectivity index is 2.91. The summed E-state index contributed by atoms with van der Waals surface area (Å²) in [6.45, 7) is 7.24. The van der Waals surface area contributed by atoms with E-state index >= 15 is 0 Å². The molecular formula is C11H18BrClN2. The fourth-order valence-corrected chi connectivity index (χ4v) is 2.42. The van der Waals surface area contributed by atoms with E-state index in [0.717, 1.165) is 35.4 Å². The lowest BCUT2D eigenvalue weighted by atomic mass is 10.0. The summed E-state index contributed by atoms with van der Waals surface area (Å²) in [7, 11) is 0. The van der Waals surface area contributed by atoms with Gasteiger partial charge in [0.2, 0.25) is 0 Å². The highest BCUT2D eigenvalue weighted by Crippen LogP contribution is 2.25. The third kappa shape index (κ3) is 2.97. The van der Waals surface area contributed by atoms with Crippen LogP contribution in [-0.4, -0.2) is 15.7 Å². The van der Waals surface area contributed by atoms with Crippen molar-refractivity contribution >= 4 is 27.5 Å². The van der Waals surface area contributed by atoms with E-state index in [1.807, 2.05) is 6.92 Å². The summed E-state index contributed by atoms with van der Waals surface area (Å²) < 4.78 is 3.21. The monoisotopic (exact) mass is 292 g/mol. The molecule has 0 spiro atoms. The lowest BCUT2D eigenvalue weighted by Gasteiger charge is -2.12. The first kappa shape index (κ1) is 13.0. The van der Waals surface area contributed by atoms with Gasteiger partial charge < -0.3 is 0 Å². The zero-order valence-corrected chi connectivity index (χ0v) is 11.9. The average Bonchev–Trinajstić information content (AvgIpc) is 2.52. The molecule has 0 radical (unpaired) electrons. The van der Waals surface area contributed by atoms with E-state index in [1.54, 1.807) is 0 Å². The smallest absolute Gasteiger partial charge is 0.0738 e. The van der Waals surface area contributed by atoms with Gasteiger partial charge in [-0.1, -0.05) is 13.3 Å². The molecule has 1 rings (SSSR count). The molecular weight excluding hydrogens is 275 g/mol. The van der Waals surface area contributed by atoms with E-state index in [-0.39, 0.29) is 0 Å². The maximum Gasteiger partial charge on any atom is 0.0738 e. The van der Waals surface area contributed by atoms with Crippen LogP contribution in [0.25, 0.3) is 0 Å². The lowest BCUT2D eigenvalue weighted by molar-refractivity contribution is 0.520. The van der Waals surface area contributed by atoms with Gasteiger partial charge in [-0.05, 0) is 42.1 Å². The number of nitrogens with zero attached hydrogens (tertiary/aromatic N) is 2. The van der Waals surface area contributed by atoms with Crippen molar-refractivity contribution in [3.8, 4) is 0 Å². The molecule has 0 saturated heterocycles. The van der Waals surface area contributed by atoms with Gasteiger partial charge in [0.15, 0.2) is 0 Å². The van der Waals surface area contributed by atoms with Crippen molar-refractivity contribution in [2.75, 3.05) is 5.88 Å². The zero-order chi connectivity index (χ0) is 11.4. The van der Waals surface area contributed by atoms with E-state index in [1.165, 1.54) is 5.69 Å². The summed E-state index contributed by atoms with van der Waals surface area (Å²) in [5.74, 6) is 1.26. The molecule has 0 aliphatic rings. The quantitative estimate of drug-likeness (QED) is 0.756. The molecule has 2 nitrogen and oxygen atoms in total. The van der Waals surface area contributed by atoms with Crippen LogP contribution in [0.15, 0.2) is 4.47 Å². The standard InChI is InChI=1S/C11H18BrClN2/c1-4-9(7-13)6-10-11(12)8(3)14-15(10)5-2/h9H,4-7H2,1-3H3. The Hall–Kier alpha value is -0.0200. The first-order chi connectivity index (χ1) is 7.13. The van der Waals surface area contributed by atoms with Gasteiger partial charge in [0.1, 0.15) is 0 Å². The van der Waals surface area contributed by atoms with Crippen LogP contribution in [-0.2, 0) is 13.0 Å². The number of rotatable bonds is 5. The first-order valence-corrected chi connectivity index (χ1v) is 6.74. The predicted octanol–water partition coefficient (Wildman–Crippen LogP) is 3.78. The Kier molecular flexibility index (Phi) is 5.13. The Bertz CT molecular complexity index is 319. The average molecular weight is 294 g/mol. The molecule has 86 valence electrons. The minimum absolute atomic E-state index is 0.546. The molecule has 0 fully saturated rings. The van der Waals surface area contributed by atoms with Crippen molar-refractivity contribution in [3.63, 3.8) is 0 Å². The van der Waals surface area contributed by atoms with E-state index < -0.39 is 0 Å². The van der Waals surface area contributed by atoms with Gasteiger partial charge in [-0.3, -0.25) is 4.68 Å². The summed E-state index contributed by atoms with van der Waals surface area (Å²) in [4.78, 5) is 0. The van der Waals surface area contributed by atoms with Gasteiger partial charge in [-0.2, -0.15) is 5.10 Å². The number of alkyl halides is 1. The second-order valence-corrected chi connectivity index (χ2v) is 4.90. The molecule has 0 amide bonds. The van der Waals surface area contributed by atoms with Crippen molar-refractivity contribution in [2.45, 2.75) is 40.2 Å². The second-order valence-electron chi connectivity index (χ2n) is 3.79. The number of hydrogen-bond donors (Lipinski definition) is 0. The third-order valence-corrected chi connectivity index (χ3v) is 4.20. The van der Waals surface area contributed by atoms with Crippen LogP contribution in [0.3, 0.4) is 0 Å². The van der Waals surface area contributed by atoms with E-state index in [0.29, 0.717) is 5.92 Å². The highest BCUT2D eigenvalue weighted by atomic mass is 79.9. The first-order valence-electron chi connectivity index (χ1n) is 5.41. The highest BCUT2D eigenvalue weighted by molar-refractivity contribution is 9.10. The van der Waals surface area contributed by atoms with Crippen LogP contribution in [0.4, 0.5) is 0 Å². The van der Waals surface area contributed by atoms with Crippen LogP contribution in [0, 0.1) is 12.8 Å². The Morgan fingerprint density at radius 1 is 1.47 bits per heavy atom. The second kappa shape index (κ2) is 5.90. The van der Waals surface area contributed by atoms with Crippen LogP contribution in [0.5, 0.6) is 0 Å². The molecule has 1 heterocycles. The highest BCUT2D eigenvalue weighted by Gasteiger charge is 2.15. The molecule has 0 bridgehead atoms. The van der Waals surface area contributed by atoms with Gasteiger partial charge in [0, 0.05) is 12.4 Å². The number of aryl methyl sites for hydroxylation is 2. The molecule has 15 heavy (non-hydrogen) atoms. The number of hydrogen-bond acceptors (Lipinski definition) is 1. The maximum atomic E-state index is 5.93. The van der Waals surface area contributed by atoms with E-state index in [4.69, 9.17) is 11.6 Å². The fraction of sp³-hybridized carbons (Fsp3) is 0.727. The molecule has 1 unspecified atom stereocenters. The summed E-state index contributed by atoms with van der Waals surface area (Å²) in [5.41, 5.74) is 2.35. The molecule has 1 atom stereocenters. The van der Waals surface area contributed by atoms with Crippen molar-refractivity contribution in [1.29, 1.82) is 0 Å². The lowest BCUT2D eigenvalue weighted by Crippen LogP contribution is -2.10. The summed E-state index contributed by atoms with van der Waals surface area (Å²) in [6.07, 6.45) is 2.12. The van der Waals surface area contributed by atoms with Crippen molar-refractivity contribution in [2.24, 2.45) is 5.92 Å². The summed E-state index contributed by atoms with van der Waals surface area (Å²) in [5, 5.41) is 4.48. The molecule has 4 heteroatoms. The topological polar surface area (TPSA) is 17.8 Å². The number of aromatic nitrogens is 2. The largest absolute Gasteiger partial charge is 0.268 e. The zero-order valence-electron chi connectivity index (χ0n) is 9.56. The van der Waals surface area contributed by atoms with Gasteiger partial charge >= 0.3 is 0 Å². The van der Waals surface area contributed by atoms with Gasteiger partial charge in [0.25, 0.3) is 0 Å². The molecule has 1 aromatic rings. The van der Waals surface area contributed by atoms with Crippen molar-refractivity contribution in [3.05, 3.63) is 15.9 Å². The minimum Gasteiger partial charge on any atom is -0.268 e. The van der Waals surface area contributed by atoms with E-state index in [2.05, 4.69) is 39.6 Å². The molecule has 1 aromatic heterocycles. The summed E-state index contributed by atoms with van der Waals surface area (Å²) in [6, 6.07) is 0. The van der Waals surface area contributed by atoms with Crippen LogP contribution in [0.1, 0.15) is 31.7 Å². The van der Waals surface area contributed by atoms with Gasteiger partial charge in [0.05, 0.1) is 15.9 Å². The molecule has 0 aliphatic heterocycles. The Labute approximate surface area is 105 Å². The normalized spacial score (nSPS) is 13.1. The fourth-order valence-electron chi connectivity index (χ4n) is 1.65. The Morgan fingerprint density at radius 3 is 2.60 bits per heavy atom. The summed E-state index contributed by atoms with van der Waals surface area (Å²) >= 11 is 9.53. The van der Waals surface area contributed by atoms with Gasteiger partial charge in [-0.15, -0.1) is 11.6 Å². The molecule has 0 saturated carbocycles. The molecule has 0 N–H and O–H groups in total. The van der Waals surface area contributed by atoms with Gasteiger partial charge in [-0.25, -0.2) is 0 Å². The third-order valence-electron chi connectivity index (χ3n) is 2.73.